The quantitative estimate of drug-likeness (QED) is 0.898. The van der Waals surface area contributed by atoms with Gasteiger partial charge in [-0.05, 0) is 30.7 Å². The molecular weight excluding hydrogens is 256 g/mol. The van der Waals surface area contributed by atoms with Crippen molar-refractivity contribution in [2.24, 2.45) is 10.7 Å². The van der Waals surface area contributed by atoms with Gasteiger partial charge in [-0.1, -0.05) is 12.1 Å². The average Bonchev–Trinajstić information content (AvgIpc) is 2.94. The third kappa shape index (κ3) is 2.15. The Bertz CT molecular complexity index is 616. The first-order valence-corrected chi connectivity index (χ1v) is 7.15. The summed E-state index contributed by atoms with van der Waals surface area (Å²) in [7, 11) is 0. The van der Waals surface area contributed by atoms with Crippen molar-refractivity contribution in [2.45, 2.75) is 25.8 Å². The monoisotopic (exact) mass is 270 g/mol. The fraction of sp³-hybridized carbons (Fsp3) is 0.286. The van der Waals surface area contributed by atoms with Gasteiger partial charge in [-0.25, -0.2) is 4.99 Å². The summed E-state index contributed by atoms with van der Waals surface area (Å²) in [4.78, 5) is 7.64. The smallest absolute Gasteiger partial charge is 0.181 e. The first-order chi connectivity index (χ1) is 9.29. The molecule has 96 valence electrons. The van der Waals surface area contributed by atoms with Crippen molar-refractivity contribution in [1.82, 2.24) is 4.90 Å². The number of rotatable bonds is 2. The standard InChI is InChI=1S/C14H14N4S/c15-8-12-14(16)18(9-10-4-3-7-19-10)13-6-2-1-5-11(13)17-12/h3-4,6-7H,1-2,5,9,16H2. The largest absolute Gasteiger partial charge is 0.383 e. The zero-order chi connectivity index (χ0) is 13.2. The third-order valence-corrected chi connectivity index (χ3v) is 4.18. The van der Waals surface area contributed by atoms with E-state index in [1.807, 2.05) is 11.0 Å². The van der Waals surface area contributed by atoms with Crippen LogP contribution in [0, 0.1) is 11.3 Å². The number of allylic oxidation sites excluding steroid dienone is 3. The molecule has 3 rings (SSSR count). The van der Waals surface area contributed by atoms with Crippen molar-refractivity contribution in [1.29, 1.82) is 5.26 Å². The Morgan fingerprint density at radius 3 is 3.16 bits per heavy atom. The maximum atomic E-state index is 9.16. The number of aliphatic imine (C=N–C) groups is 1. The number of nitrogens with two attached hydrogens (primary N) is 1. The van der Waals surface area contributed by atoms with Crippen molar-refractivity contribution >= 4 is 17.0 Å². The molecule has 0 unspecified atom stereocenters. The molecule has 0 aromatic carbocycles. The van der Waals surface area contributed by atoms with E-state index in [1.165, 1.54) is 4.88 Å². The van der Waals surface area contributed by atoms with Crippen molar-refractivity contribution in [3.8, 4) is 6.07 Å². The van der Waals surface area contributed by atoms with E-state index in [1.54, 1.807) is 11.3 Å². The van der Waals surface area contributed by atoms with Crippen molar-refractivity contribution in [3.63, 3.8) is 0 Å². The molecule has 0 saturated carbocycles. The van der Waals surface area contributed by atoms with Crippen LogP contribution >= 0.6 is 11.3 Å². The van der Waals surface area contributed by atoms with Gasteiger partial charge in [0, 0.05) is 4.88 Å². The third-order valence-electron chi connectivity index (χ3n) is 3.32. The van der Waals surface area contributed by atoms with Crippen LogP contribution in [0.2, 0.25) is 0 Å². The first kappa shape index (κ1) is 12.0. The maximum Gasteiger partial charge on any atom is 0.181 e. The summed E-state index contributed by atoms with van der Waals surface area (Å²) >= 11 is 1.70. The molecule has 0 saturated heterocycles. The zero-order valence-corrected chi connectivity index (χ0v) is 11.3. The van der Waals surface area contributed by atoms with Gasteiger partial charge in [0.25, 0.3) is 0 Å². The molecule has 19 heavy (non-hydrogen) atoms. The van der Waals surface area contributed by atoms with Gasteiger partial charge in [0.1, 0.15) is 11.9 Å². The second-order valence-corrected chi connectivity index (χ2v) is 5.58. The summed E-state index contributed by atoms with van der Waals surface area (Å²) < 4.78 is 0. The van der Waals surface area contributed by atoms with Crippen LogP contribution in [0.4, 0.5) is 0 Å². The van der Waals surface area contributed by atoms with Gasteiger partial charge in [0.05, 0.1) is 18.0 Å². The van der Waals surface area contributed by atoms with Crippen molar-refractivity contribution in [2.75, 3.05) is 0 Å². The molecule has 1 aliphatic heterocycles. The Hall–Kier alpha value is -2.06. The molecule has 0 radical (unpaired) electrons. The van der Waals surface area contributed by atoms with Crippen LogP contribution in [0.1, 0.15) is 24.1 Å². The summed E-state index contributed by atoms with van der Waals surface area (Å²) in [6.07, 6.45) is 5.24. The fourth-order valence-electron chi connectivity index (χ4n) is 2.39. The lowest BCUT2D eigenvalue weighted by Gasteiger charge is -2.33. The number of hydrogen-bond acceptors (Lipinski definition) is 5. The SMILES string of the molecule is N#CC1=C(N)N(Cc2cccs2)C2=CCCCC2=N1. The summed E-state index contributed by atoms with van der Waals surface area (Å²) in [6.45, 7) is 0.708. The summed E-state index contributed by atoms with van der Waals surface area (Å²) in [6, 6.07) is 6.21. The molecule has 2 heterocycles. The van der Waals surface area contributed by atoms with Crippen LogP contribution in [0.25, 0.3) is 0 Å². The van der Waals surface area contributed by atoms with Crippen molar-refractivity contribution in [3.05, 3.63) is 45.7 Å². The Kier molecular flexibility index (Phi) is 3.10. The van der Waals surface area contributed by atoms with Crippen LogP contribution in [0.15, 0.2) is 45.8 Å². The molecule has 0 spiro atoms. The van der Waals surface area contributed by atoms with E-state index in [9.17, 15) is 0 Å². The number of fused-ring (bicyclic) bond motifs is 1. The molecule has 0 bridgehead atoms. The van der Waals surface area contributed by atoms with Gasteiger partial charge < -0.3 is 10.6 Å². The van der Waals surface area contributed by atoms with Crippen LogP contribution < -0.4 is 5.73 Å². The predicted octanol–water partition coefficient (Wildman–Crippen LogP) is 2.72. The normalized spacial score (nSPS) is 18.6. The van der Waals surface area contributed by atoms with E-state index in [4.69, 9.17) is 11.0 Å². The second-order valence-electron chi connectivity index (χ2n) is 4.55. The van der Waals surface area contributed by atoms with E-state index in [2.05, 4.69) is 28.6 Å². The molecule has 4 nitrogen and oxygen atoms in total. The minimum absolute atomic E-state index is 0.339. The average molecular weight is 270 g/mol. The Morgan fingerprint density at radius 2 is 2.42 bits per heavy atom. The number of thiophene rings is 1. The van der Waals surface area contributed by atoms with E-state index in [0.717, 1.165) is 30.7 Å². The van der Waals surface area contributed by atoms with Crippen LogP contribution in [-0.4, -0.2) is 10.6 Å². The van der Waals surface area contributed by atoms with Crippen LogP contribution in [-0.2, 0) is 6.54 Å². The van der Waals surface area contributed by atoms with E-state index in [0.29, 0.717) is 18.1 Å². The Balaban J connectivity index is 2.00. The molecule has 5 heteroatoms. The molecule has 1 aromatic heterocycles. The van der Waals surface area contributed by atoms with Gasteiger partial charge in [-0.2, -0.15) is 5.26 Å². The molecule has 0 amide bonds. The molecule has 2 N–H and O–H groups in total. The highest BCUT2D eigenvalue weighted by Crippen LogP contribution is 2.30. The summed E-state index contributed by atoms with van der Waals surface area (Å²) in [5.41, 5.74) is 8.51. The fourth-order valence-corrected chi connectivity index (χ4v) is 3.09. The molecule has 1 aromatic rings. The van der Waals surface area contributed by atoms with Crippen molar-refractivity contribution < 1.29 is 0 Å². The number of hydrogen-bond donors (Lipinski definition) is 1. The van der Waals surface area contributed by atoms with Crippen LogP contribution in [0.5, 0.6) is 0 Å². The number of nitrogens with zero attached hydrogens (tertiary/aromatic N) is 3. The van der Waals surface area contributed by atoms with Gasteiger partial charge >= 0.3 is 0 Å². The lowest BCUT2D eigenvalue weighted by Crippen LogP contribution is -2.35. The topological polar surface area (TPSA) is 65.4 Å². The molecule has 2 aliphatic rings. The highest BCUT2D eigenvalue weighted by atomic mass is 32.1. The Labute approximate surface area is 116 Å². The van der Waals surface area contributed by atoms with Gasteiger partial charge in [-0.15, -0.1) is 11.3 Å². The van der Waals surface area contributed by atoms with E-state index < -0.39 is 0 Å². The highest BCUT2D eigenvalue weighted by Gasteiger charge is 2.27. The Morgan fingerprint density at radius 1 is 1.53 bits per heavy atom. The highest BCUT2D eigenvalue weighted by molar-refractivity contribution is 7.09. The maximum absolute atomic E-state index is 9.16. The van der Waals surface area contributed by atoms with Gasteiger partial charge in [-0.3, -0.25) is 0 Å². The lowest BCUT2D eigenvalue weighted by molar-refractivity contribution is 0.422. The zero-order valence-electron chi connectivity index (χ0n) is 10.5. The van der Waals surface area contributed by atoms with Gasteiger partial charge in [0.2, 0.25) is 0 Å². The van der Waals surface area contributed by atoms with E-state index >= 15 is 0 Å². The van der Waals surface area contributed by atoms with Crippen LogP contribution in [0.3, 0.4) is 0 Å². The molecule has 0 fully saturated rings. The van der Waals surface area contributed by atoms with Gasteiger partial charge in [0.15, 0.2) is 5.70 Å². The molecule has 1 aliphatic carbocycles. The summed E-state index contributed by atoms with van der Waals surface area (Å²) in [5.74, 6) is 0.466. The molecule has 0 atom stereocenters. The lowest BCUT2D eigenvalue weighted by atomic mass is 9.99. The number of nitriles is 1. The predicted molar refractivity (Wildman–Crippen MR) is 76.1 cm³/mol. The first-order valence-electron chi connectivity index (χ1n) is 6.27. The summed E-state index contributed by atoms with van der Waals surface area (Å²) in [5, 5.41) is 11.2. The minimum Gasteiger partial charge on any atom is -0.383 e. The molecular formula is C14H14N4S. The second kappa shape index (κ2) is 4.90. The minimum atomic E-state index is 0.339. The van der Waals surface area contributed by atoms with E-state index in [-0.39, 0.29) is 0 Å².